The van der Waals surface area contributed by atoms with Crippen LogP contribution in [0.1, 0.15) is 6.42 Å². The van der Waals surface area contributed by atoms with Gasteiger partial charge in [0, 0.05) is 20.2 Å². The molecule has 0 aliphatic carbocycles. The van der Waals surface area contributed by atoms with Crippen molar-refractivity contribution in [2.45, 2.75) is 18.6 Å². The molecule has 1 aromatic rings. The van der Waals surface area contributed by atoms with Crippen LogP contribution in [-0.4, -0.2) is 49.8 Å². The van der Waals surface area contributed by atoms with E-state index in [-0.39, 0.29) is 18.1 Å². The molecule has 1 amide bonds. The zero-order valence-electron chi connectivity index (χ0n) is 11.4. The largest absolute Gasteiger partial charge is 0.491 e. The molecule has 6 heteroatoms. The Morgan fingerprint density at radius 1 is 1.50 bits per heavy atom. The Morgan fingerprint density at radius 3 is 2.90 bits per heavy atom. The normalized spacial score (nSPS) is 22.9. The van der Waals surface area contributed by atoms with Gasteiger partial charge in [0.05, 0.1) is 16.6 Å². The summed E-state index contributed by atoms with van der Waals surface area (Å²) in [4.78, 5) is 13.5. The van der Waals surface area contributed by atoms with Crippen molar-refractivity contribution in [3.05, 3.63) is 28.7 Å². The lowest BCUT2D eigenvalue weighted by atomic mass is 10.2. The number of hydrogen-bond donors (Lipinski definition) is 1. The number of nitrogens with zero attached hydrogens (tertiary/aromatic N) is 1. The minimum absolute atomic E-state index is 0.0657. The highest BCUT2D eigenvalue weighted by Crippen LogP contribution is 2.24. The van der Waals surface area contributed by atoms with Crippen LogP contribution in [0.5, 0.6) is 5.75 Å². The summed E-state index contributed by atoms with van der Waals surface area (Å²) in [6.45, 7) is 1.86. The molecule has 1 heterocycles. The third kappa shape index (κ3) is 3.71. The topological polar surface area (TPSA) is 64.8 Å². The van der Waals surface area contributed by atoms with E-state index in [2.05, 4.69) is 15.9 Å². The predicted octanol–water partition coefficient (Wildman–Crippen LogP) is 1.40. The Morgan fingerprint density at radius 2 is 2.25 bits per heavy atom. The van der Waals surface area contributed by atoms with Crippen molar-refractivity contribution >= 4 is 21.8 Å². The first-order valence-electron chi connectivity index (χ1n) is 6.55. The summed E-state index contributed by atoms with van der Waals surface area (Å²) in [6.07, 6.45) is 0.719. The molecule has 5 nitrogen and oxygen atoms in total. The zero-order chi connectivity index (χ0) is 14.5. The number of benzene rings is 1. The lowest BCUT2D eigenvalue weighted by molar-refractivity contribution is -0.122. The number of ether oxygens (including phenoxy) is 2. The summed E-state index contributed by atoms with van der Waals surface area (Å²) >= 11 is 3.43. The van der Waals surface area contributed by atoms with Crippen LogP contribution in [0.15, 0.2) is 28.7 Å². The summed E-state index contributed by atoms with van der Waals surface area (Å²) in [5, 5.41) is 0. The summed E-state index contributed by atoms with van der Waals surface area (Å²) in [6, 6.07) is 7.42. The van der Waals surface area contributed by atoms with E-state index in [1.807, 2.05) is 29.2 Å². The highest BCUT2D eigenvalue weighted by molar-refractivity contribution is 9.10. The number of likely N-dealkylation sites (tertiary alicyclic amines) is 1. The summed E-state index contributed by atoms with van der Waals surface area (Å²) in [5.41, 5.74) is 5.43. The van der Waals surface area contributed by atoms with Gasteiger partial charge in [-0.15, -0.1) is 0 Å². The Balaban J connectivity index is 1.86. The third-order valence-electron chi connectivity index (χ3n) is 3.50. The number of carbonyl (C=O) groups excluding carboxylic acids is 1. The highest BCUT2D eigenvalue weighted by Gasteiger charge is 2.35. The smallest absolute Gasteiger partial charge is 0.234 e. The van der Waals surface area contributed by atoms with E-state index in [1.54, 1.807) is 7.11 Å². The number of primary amides is 1. The van der Waals surface area contributed by atoms with Gasteiger partial charge in [0.2, 0.25) is 5.91 Å². The molecule has 1 fully saturated rings. The highest BCUT2D eigenvalue weighted by atomic mass is 79.9. The van der Waals surface area contributed by atoms with Crippen molar-refractivity contribution in [3.63, 3.8) is 0 Å². The molecule has 2 atom stereocenters. The van der Waals surface area contributed by atoms with Crippen molar-refractivity contribution in [3.8, 4) is 5.75 Å². The van der Waals surface area contributed by atoms with E-state index in [4.69, 9.17) is 15.2 Å². The zero-order valence-corrected chi connectivity index (χ0v) is 13.0. The van der Waals surface area contributed by atoms with Crippen molar-refractivity contribution < 1.29 is 14.3 Å². The Kier molecular flexibility index (Phi) is 5.39. The van der Waals surface area contributed by atoms with Crippen LogP contribution in [0.2, 0.25) is 0 Å². The molecule has 1 aliphatic rings. The number of halogens is 1. The van der Waals surface area contributed by atoms with Crippen LogP contribution < -0.4 is 10.5 Å². The van der Waals surface area contributed by atoms with E-state index in [1.165, 1.54) is 0 Å². The molecule has 0 saturated carbocycles. The second-order valence-corrected chi connectivity index (χ2v) is 5.64. The average Bonchev–Trinajstić information content (AvgIpc) is 2.84. The maximum Gasteiger partial charge on any atom is 0.234 e. The molecule has 1 aliphatic heterocycles. The monoisotopic (exact) mass is 342 g/mol. The van der Waals surface area contributed by atoms with E-state index in [9.17, 15) is 4.79 Å². The molecule has 0 aromatic heterocycles. The maximum atomic E-state index is 11.4. The van der Waals surface area contributed by atoms with Crippen molar-refractivity contribution in [2.24, 2.45) is 5.73 Å². The molecule has 1 saturated heterocycles. The van der Waals surface area contributed by atoms with Crippen molar-refractivity contribution in [1.82, 2.24) is 4.90 Å². The van der Waals surface area contributed by atoms with Gasteiger partial charge in [0.25, 0.3) is 0 Å². The van der Waals surface area contributed by atoms with E-state index >= 15 is 0 Å². The van der Waals surface area contributed by atoms with Gasteiger partial charge in [-0.25, -0.2) is 0 Å². The lowest BCUT2D eigenvalue weighted by Gasteiger charge is -2.21. The molecule has 0 spiro atoms. The first kappa shape index (κ1) is 15.3. The van der Waals surface area contributed by atoms with E-state index in [0.29, 0.717) is 26.1 Å². The molecular formula is C14H19BrN2O3. The number of methoxy groups -OCH3 is 1. The van der Waals surface area contributed by atoms with Crippen LogP contribution in [0.4, 0.5) is 0 Å². The Hall–Kier alpha value is -1.11. The number of para-hydroxylation sites is 1. The molecule has 0 bridgehead atoms. The number of carbonyl (C=O) groups is 1. The lowest BCUT2D eigenvalue weighted by Crippen LogP contribution is -2.42. The third-order valence-corrected chi connectivity index (χ3v) is 4.15. The fourth-order valence-electron chi connectivity index (χ4n) is 2.41. The second kappa shape index (κ2) is 7.06. The standard InChI is InChI=1S/C14H19BrN2O3/c1-19-10-8-12(14(16)18)17(9-10)6-7-20-13-5-3-2-4-11(13)15/h2-5,10,12H,6-9H2,1H3,(H2,16,18)/t10-,12-/m0/s1. The predicted molar refractivity (Wildman–Crippen MR) is 79.6 cm³/mol. The SMILES string of the molecule is CO[C@H]1C[C@@H](C(N)=O)N(CCOc2ccccc2Br)C1. The van der Waals surface area contributed by atoms with Gasteiger partial charge in [0.15, 0.2) is 0 Å². The van der Waals surface area contributed by atoms with Gasteiger partial charge in [-0.3, -0.25) is 9.69 Å². The fourth-order valence-corrected chi connectivity index (χ4v) is 2.81. The van der Waals surface area contributed by atoms with Crippen LogP contribution in [0.25, 0.3) is 0 Å². The van der Waals surface area contributed by atoms with Gasteiger partial charge >= 0.3 is 0 Å². The molecule has 110 valence electrons. The van der Waals surface area contributed by atoms with Crippen LogP contribution in [0.3, 0.4) is 0 Å². The number of nitrogens with two attached hydrogens (primary N) is 1. The number of hydrogen-bond acceptors (Lipinski definition) is 4. The second-order valence-electron chi connectivity index (χ2n) is 4.79. The summed E-state index contributed by atoms with van der Waals surface area (Å²) < 4.78 is 11.9. The summed E-state index contributed by atoms with van der Waals surface area (Å²) in [7, 11) is 1.66. The van der Waals surface area contributed by atoms with Crippen molar-refractivity contribution in [1.29, 1.82) is 0 Å². The van der Waals surface area contributed by atoms with E-state index < -0.39 is 0 Å². The molecule has 0 unspecified atom stereocenters. The van der Waals surface area contributed by atoms with Gasteiger partial charge < -0.3 is 15.2 Å². The first-order valence-corrected chi connectivity index (χ1v) is 7.34. The maximum absolute atomic E-state index is 11.4. The quantitative estimate of drug-likeness (QED) is 0.848. The molecule has 2 rings (SSSR count). The van der Waals surface area contributed by atoms with Gasteiger partial charge in [0.1, 0.15) is 12.4 Å². The molecular weight excluding hydrogens is 324 g/mol. The van der Waals surface area contributed by atoms with Crippen LogP contribution in [0, 0.1) is 0 Å². The van der Waals surface area contributed by atoms with Gasteiger partial charge in [-0.05, 0) is 34.5 Å². The van der Waals surface area contributed by atoms with Crippen molar-refractivity contribution in [2.75, 3.05) is 26.8 Å². The van der Waals surface area contributed by atoms with Gasteiger partial charge in [-0.1, -0.05) is 12.1 Å². The molecule has 2 N–H and O–H groups in total. The fraction of sp³-hybridized carbons (Fsp3) is 0.500. The average molecular weight is 343 g/mol. The minimum atomic E-state index is -0.301. The van der Waals surface area contributed by atoms with Crippen LogP contribution in [-0.2, 0) is 9.53 Å². The molecule has 20 heavy (non-hydrogen) atoms. The van der Waals surface area contributed by atoms with Crippen LogP contribution >= 0.6 is 15.9 Å². The number of rotatable bonds is 6. The Bertz CT molecular complexity index is 469. The molecule has 0 radical (unpaired) electrons. The number of amides is 1. The minimum Gasteiger partial charge on any atom is -0.491 e. The first-order chi connectivity index (χ1) is 9.61. The molecule has 1 aromatic carbocycles. The summed E-state index contributed by atoms with van der Waals surface area (Å²) in [5.74, 6) is 0.496. The Labute approximate surface area is 127 Å². The van der Waals surface area contributed by atoms with E-state index in [0.717, 1.165) is 10.2 Å². The van der Waals surface area contributed by atoms with Gasteiger partial charge in [-0.2, -0.15) is 0 Å².